The summed E-state index contributed by atoms with van der Waals surface area (Å²) in [7, 11) is 1.79. The number of carboxylic acids is 1. The Hall–Kier alpha value is -0.140. The largest absolute Gasteiger partial charge is 0.479 e. The lowest BCUT2D eigenvalue weighted by molar-refractivity contribution is -0.148. The summed E-state index contributed by atoms with van der Waals surface area (Å²) in [5, 5.41) is 14.8. The molecule has 0 aromatic carbocycles. The van der Waals surface area contributed by atoms with Gasteiger partial charge in [-0.25, -0.2) is 4.79 Å². The van der Waals surface area contributed by atoms with Gasteiger partial charge in [-0.3, -0.25) is 0 Å². The van der Waals surface area contributed by atoms with Crippen molar-refractivity contribution in [1.29, 1.82) is 0 Å². The van der Waals surface area contributed by atoms with Gasteiger partial charge >= 0.3 is 5.97 Å². The van der Waals surface area contributed by atoms with E-state index in [9.17, 15) is 4.79 Å². The van der Waals surface area contributed by atoms with Crippen LogP contribution in [0.5, 0.6) is 0 Å². The van der Waals surface area contributed by atoms with Gasteiger partial charge in [0.1, 0.15) is 0 Å². The molecule has 0 fully saturated rings. The number of aliphatic hydroxyl groups is 1. The Labute approximate surface area is 43.5 Å². The zero-order valence-corrected chi connectivity index (χ0v) is 5.03. The van der Waals surface area contributed by atoms with Crippen molar-refractivity contribution >= 4 is 15.2 Å². The molecule has 0 saturated carbocycles. The Kier molecular flexibility index (Phi) is 1.73. The summed E-state index contributed by atoms with van der Waals surface area (Å²) >= 11 is 0. The molecule has 0 amide bonds. The average Bonchev–Trinajstić information content (AvgIpc) is 1.31. The zero-order chi connectivity index (χ0) is 6.08. The van der Waals surface area contributed by atoms with Crippen LogP contribution in [0.3, 0.4) is 0 Å². The lowest BCUT2D eigenvalue weighted by Crippen LogP contribution is -2.26. The van der Waals surface area contributed by atoms with Crippen molar-refractivity contribution in [1.82, 2.24) is 0 Å². The number of hydrogen-bond acceptors (Lipinski definition) is 2. The van der Waals surface area contributed by atoms with Crippen molar-refractivity contribution < 1.29 is 15.0 Å². The van der Waals surface area contributed by atoms with Crippen LogP contribution in [0.4, 0.5) is 0 Å². The number of rotatable bonds is 1. The van der Waals surface area contributed by atoms with E-state index in [0.29, 0.717) is 0 Å². The van der Waals surface area contributed by atoms with Crippen LogP contribution in [0.1, 0.15) is 6.92 Å². The molecule has 4 heteroatoms. The van der Waals surface area contributed by atoms with Crippen LogP contribution in [0.2, 0.25) is 0 Å². The lowest BCUT2D eigenvalue weighted by atomic mass is 10.4. The first-order chi connectivity index (χ1) is 2.94. The molecule has 0 saturated heterocycles. The van der Waals surface area contributed by atoms with Gasteiger partial charge in [-0.15, -0.1) is 0 Å². The average molecular weight is 122 g/mol. The third kappa shape index (κ3) is 2.54. The topological polar surface area (TPSA) is 57.5 Å². The number of hydrogen-bond donors (Lipinski definition) is 2. The van der Waals surface area contributed by atoms with Crippen LogP contribution in [-0.2, 0) is 4.79 Å². The highest BCUT2D eigenvalue weighted by Crippen LogP contribution is 2.11. The Morgan fingerprint density at radius 2 is 2.00 bits per heavy atom. The lowest BCUT2D eigenvalue weighted by Gasteiger charge is -2.07. The Morgan fingerprint density at radius 1 is 1.86 bits per heavy atom. The van der Waals surface area contributed by atoms with Crippen molar-refractivity contribution in [3.8, 4) is 0 Å². The predicted molar refractivity (Wildman–Crippen MR) is 28.0 cm³/mol. The van der Waals surface area contributed by atoms with Gasteiger partial charge in [0, 0.05) is 0 Å². The van der Waals surface area contributed by atoms with E-state index in [0.717, 1.165) is 0 Å². The van der Waals surface area contributed by atoms with Crippen LogP contribution in [-0.4, -0.2) is 21.5 Å². The minimum absolute atomic E-state index is 1.18. The van der Waals surface area contributed by atoms with Gasteiger partial charge in [0.15, 0.2) is 5.34 Å². The second-order valence-corrected chi connectivity index (χ2v) is 2.58. The van der Waals surface area contributed by atoms with Crippen LogP contribution in [0, 0.1) is 0 Å². The van der Waals surface area contributed by atoms with E-state index in [-0.39, 0.29) is 0 Å². The molecule has 0 aliphatic rings. The molecule has 3 nitrogen and oxygen atoms in total. The molecule has 0 aliphatic carbocycles. The Bertz CT molecular complexity index is 82.7. The summed E-state index contributed by atoms with van der Waals surface area (Å²) < 4.78 is 0. The van der Waals surface area contributed by atoms with E-state index < -0.39 is 11.3 Å². The van der Waals surface area contributed by atoms with E-state index in [1.54, 1.807) is 9.24 Å². The fourth-order valence-electron chi connectivity index (χ4n) is 0. The molecule has 0 spiro atoms. The molecule has 0 aliphatic heterocycles. The molecule has 7 heavy (non-hydrogen) atoms. The Morgan fingerprint density at radius 3 is 2.00 bits per heavy atom. The highest BCUT2D eigenvalue weighted by Gasteiger charge is 2.21. The normalized spacial score (nSPS) is 18.1. The van der Waals surface area contributed by atoms with Crippen molar-refractivity contribution in [2.45, 2.75) is 12.3 Å². The standard InChI is InChI=1S/C3H7O3P/c1-3(6,7)2(4)5/h6H,7H2,1H3,(H,4,5). The van der Waals surface area contributed by atoms with E-state index in [1.807, 2.05) is 0 Å². The van der Waals surface area contributed by atoms with Crippen molar-refractivity contribution in [3.05, 3.63) is 0 Å². The van der Waals surface area contributed by atoms with Crippen LogP contribution in [0.25, 0.3) is 0 Å². The molecule has 0 bridgehead atoms. The fourth-order valence-corrected chi connectivity index (χ4v) is 0. The maximum atomic E-state index is 9.75. The summed E-state index contributed by atoms with van der Waals surface area (Å²) in [6.07, 6.45) is 0. The molecule has 2 N–H and O–H groups in total. The highest BCUT2D eigenvalue weighted by molar-refractivity contribution is 7.20. The number of carboxylic acid groups (broad SMARTS) is 1. The molecule has 2 atom stereocenters. The van der Waals surface area contributed by atoms with Gasteiger partial charge in [-0.2, -0.15) is 0 Å². The van der Waals surface area contributed by atoms with Gasteiger partial charge in [-0.05, 0) is 6.92 Å². The summed E-state index contributed by atoms with van der Waals surface area (Å²) in [5.41, 5.74) is 0. The van der Waals surface area contributed by atoms with E-state index in [4.69, 9.17) is 10.2 Å². The highest BCUT2D eigenvalue weighted by atomic mass is 31.0. The minimum Gasteiger partial charge on any atom is -0.479 e. The second kappa shape index (κ2) is 1.76. The minimum atomic E-state index is -1.67. The second-order valence-electron chi connectivity index (χ2n) is 1.45. The first-order valence-electron chi connectivity index (χ1n) is 1.69. The van der Waals surface area contributed by atoms with E-state index in [1.165, 1.54) is 6.92 Å². The van der Waals surface area contributed by atoms with Crippen molar-refractivity contribution in [3.63, 3.8) is 0 Å². The molecular weight excluding hydrogens is 115 g/mol. The van der Waals surface area contributed by atoms with Gasteiger partial charge in [-0.1, -0.05) is 9.24 Å². The van der Waals surface area contributed by atoms with Gasteiger partial charge in [0.2, 0.25) is 0 Å². The predicted octanol–water partition coefficient (Wildman–Crippen LogP) is -0.345. The molecule has 0 rings (SSSR count). The number of aliphatic carboxylic acids is 1. The van der Waals surface area contributed by atoms with Crippen molar-refractivity contribution in [2.75, 3.05) is 0 Å². The van der Waals surface area contributed by atoms with E-state index in [2.05, 4.69) is 0 Å². The third-order valence-corrected chi connectivity index (χ3v) is 0.680. The maximum Gasteiger partial charge on any atom is 0.339 e. The smallest absolute Gasteiger partial charge is 0.339 e. The zero-order valence-electron chi connectivity index (χ0n) is 3.88. The van der Waals surface area contributed by atoms with Gasteiger partial charge in [0.25, 0.3) is 0 Å². The maximum absolute atomic E-state index is 9.75. The molecule has 0 aromatic heterocycles. The SMILES string of the molecule is CC(O)(P)C(=O)O. The van der Waals surface area contributed by atoms with Crippen LogP contribution < -0.4 is 0 Å². The fraction of sp³-hybridized carbons (Fsp3) is 0.667. The summed E-state index contributed by atoms with van der Waals surface area (Å²) in [6.45, 7) is 1.18. The molecule has 42 valence electrons. The summed E-state index contributed by atoms with van der Waals surface area (Å²) in [4.78, 5) is 9.75. The quantitative estimate of drug-likeness (QED) is 0.467. The third-order valence-electron chi connectivity index (χ3n) is 0.433. The van der Waals surface area contributed by atoms with Crippen LogP contribution in [0.15, 0.2) is 0 Å². The molecule has 0 radical (unpaired) electrons. The molecule has 0 heterocycles. The van der Waals surface area contributed by atoms with Gasteiger partial charge < -0.3 is 10.2 Å². The first-order valence-corrected chi connectivity index (χ1v) is 2.27. The van der Waals surface area contributed by atoms with Crippen molar-refractivity contribution in [2.24, 2.45) is 0 Å². The summed E-state index contributed by atoms with van der Waals surface area (Å²) in [5.74, 6) is -1.24. The molecule has 2 unspecified atom stereocenters. The van der Waals surface area contributed by atoms with Crippen LogP contribution >= 0.6 is 9.24 Å². The van der Waals surface area contributed by atoms with E-state index >= 15 is 0 Å². The van der Waals surface area contributed by atoms with Gasteiger partial charge in [0.05, 0.1) is 0 Å². The monoisotopic (exact) mass is 122 g/mol. The molecular formula is C3H7O3P. The molecule has 0 aromatic rings. The Balaban J connectivity index is 3.79. The number of carbonyl (C=O) groups is 1. The summed E-state index contributed by atoms with van der Waals surface area (Å²) in [6, 6.07) is 0. The first kappa shape index (κ1) is 6.86.